The zero-order chi connectivity index (χ0) is 10.1. The van der Waals surface area contributed by atoms with E-state index in [4.69, 9.17) is 0 Å². The van der Waals surface area contributed by atoms with Gasteiger partial charge in [0.2, 0.25) is 0 Å². The molecule has 3 aliphatic rings. The summed E-state index contributed by atoms with van der Waals surface area (Å²) in [6.07, 6.45) is 4.27. The minimum atomic E-state index is 0.712. The molecule has 78 valence electrons. The van der Waals surface area contributed by atoms with E-state index in [-0.39, 0.29) is 0 Å². The molecule has 0 aliphatic heterocycles. The highest BCUT2D eigenvalue weighted by Crippen LogP contribution is 2.70. The van der Waals surface area contributed by atoms with E-state index in [0.717, 1.165) is 23.7 Å². The van der Waals surface area contributed by atoms with Crippen LogP contribution in [0.2, 0.25) is 0 Å². The van der Waals surface area contributed by atoms with Crippen LogP contribution in [0.25, 0.3) is 0 Å². The molecule has 0 aromatic heterocycles. The minimum absolute atomic E-state index is 0.712. The number of hydrogen-bond donors (Lipinski definition) is 0. The van der Waals surface area contributed by atoms with Crippen molar-refractivity contribution in [3.63, 3.8) is 0 Å². The first-order valence-corrected chi connectivity index (χ1v) is 6.31. The van der Waals surface area contributed by atoms with E-state index in [1.165, 1.54) is 19.3 Å². The summed E-state index contributed by atoms with van der Waals surface area (Å²) in [6, 6.07) is 0. The van der Waals surface area contributed by atoms with Crippen LogP contribution in [-0.4, -0.2) is 0 Å². The Hall–Kier alpha value is -0.260. The van der Waals surface area contributed by atoms with Gasteiger partial charge in [-0.1, -0.05) is 45.3 Å². The van der Waals surface area contributed by atoms with Crippen molar-refractivity contribution in [2.24, 2.45) is 29.1 Å². The lowest BCUT2D eigenvalue weighted by Crippen LogP contribution is -2.15. The van der Waals surface area contributed by atoms with E-state index in [0.29, 0.717) is 5.41 Å². The second-order valence-electron chi connectivity index (χ2n) is 6.22. The second kappa shape index (κ2) is 2.46. The van der Waals surface area contributed by atoms with E-state index < -0.39 is 0 Å². The quantitative estimate of drug-likeness (QED) is 0.589. The molecule has 0 N–H and O–H groups in total. The Bertz CT molecular complexity index is 312. The van der Waals surface area contributed by atoms with Crippen molar-refractivity contribution < 1.29 is 0 Å². The summed E-state index contributed by atoms with van der Waals surface area (Å²) >= 11 is 0. The summed E-state index contributed by atoms with van der Waals surface area (Å²) in [5.74, 6) is 4.01. The van der Waals surface area contributed by atoms with Gasteiger partial charge in [-0.25, -0.2) is 0 Å². The maximum Gasteiger partial charge on any atom is -0.00385 e. The van der Waals surface area contributed by atoms with Crippen LogP contribution < -0.4 is 0 Å². The van der Waals surface area contributed by atoms with Gasteiger partial charge in [0.25, 0.3) is 0 Å². The molecule has 0 bridgehead atoms. The molecule has 0 spiro atoms. The SMILES string of the molecule is CCC1C(C)C1C(C)C1=C2CC2(C)C1. The lowest BCUT2D eigenvalue weighted by atomic mass is 9.78. The molecular formula is C14H22. The summed E-state index contributed by atoms with van der Waals surface area (Å²) in [5, 5.41) is 0. The predicted octanol–water partition coefficient (Wildman–Crippen LogP) is 4.02. The molecule has 0 amide bonds. The molecule has 0 saturated heterocycles. The van der Waals surface area contributed by atoms with Gasteiger partial charge < -0.3 is 0 Å². The Balaban J connectivity index is 1.71. The molecule has 5 atom stereocenters. The van der Waals surface area contributed by atoms with Gasteiger partial charge in [-0.2, -0.15) is 0 Å². The Morgan fingerprint density at radius 3 is 2.50 bits per heavy atom. The monoisotopic (exact) mass is 190 g/mol. The van der Waals surface area contributed by atoms with Crippen molar-refractivity contribution in [1.82, 2.24) is 0 Å². The first kappa shape index (κ1) is 9.00. The van der Waals surface area contributed by atoms with Gasteiger partial charge in [-0.05, 0) is 41.9 Å². The van der Waals surface area contributed by atoms with Gasteiger partial charge in [-0.15, -0.1) is 0 Å². The first-order valence-electron chi connectivity index (χ1n) is 6.31. The van der Waals surface area contributed by atoms with Gasteiger partial charge >= 0.3 is 0 Å². The van der Waals surface area contributed by atoms with Gasteiger partial charge in [0.05, 0.1) is 0 Å². The predicted molar refractivity (Wildman–Crippen MR) is 60.0 cm³/mol. The highest BCUT2D eigenvalue weighted by molar-refractivity contribution is 5.49. The molecule has 0 aromatic rings. The molecule has 0 radical (unpaired) electrons. The van der Waals surface area contributed by atoms with Crippen LogP contribution in [0.15, 0.2) is 11.1 Å². The number of fused-ring (bicyclic) bond motifs is 1. The van der Waals surface area contributed by atoms with E-state index in [9.17, 15) is 0 Å². The Morgan fingerprint density at radius 1 is 1.43 bits per heavy atom. The molecule has 14 heavy (non-hydrogen) atoms. The lowest BCUT2D eigenvalue weighted by Gasteiger charge is -2.27. The second-order valence-corrected chi connectivity index (χ2v) is 6.22. The van der Waals surface area contributed by atoms with Crippen molar-refractivity contribution >= 4 is 0 Å². The summed E-state index contributed by atoms with van der Waals surface area (Å²) in [5.41, 5.74) is 4.42. The van der Waals surface area contributed by atoms with Crippen LogP contribution in [0.4, 0.5) is 0 Å². The fourth-order valence-corrected chi connectivity index (χ4v) is 4.15. The lowest BCUT2D eigenvalue weighted by molar-refractivity contribution is 0.438. The summed E-state index contributed by atoms with van der Waals surface area (Å²) in [4.78, 5) is 0. The smallest absolute Gasteiger partial charge is 0.00385 e. The minimum Gasteiger partial charge on any atom is -0.0664 e. The molecule has 0 heterocycles. The van der Waals surface area contributed by atoms with Crippen molar-refractivity contribution in [3.8, 4) is 0 Å². The molecule has 0 nitrogen and oxygen atoms in total. The normalized spacial score (nSPS) is 51.0. The average molecular weight is 190 g/mol. The maximum atomic E-state index is 2.48. The van der Waals surface area contributed by atoms with Gasteiger partial charge in [-0.3, -0.25) is 0 Å². The van der Waals surface area contributed by atoms with Crippen molar-refractivity contribution in [3.05, 3.63) is 11.1 Å². The van der Waals surface area contributed by atoms with Crippen LogP contribution in [0.3, 0.4) is 0 Å². The molecule has 0 heteroatoms. The third-order valence-corrected chi connectivity index (χ3v) is 5.37. The van der Waals surface area contributed by atoms with Crippen LogP contribution in [-0.2, 0) is 0 Å². The Kier molecular flexibility index (Phi) is 1.58. The standard InChI is InChI=1S/C14H22/c1-5-10-8(2)13(10)9(3)11-6-14(4)7-12(11)14/h8-10,13H,5-7H2,1-4H3. The van der Waals surface area contributed by atoms with Gasteiger partial charge in [0.15, 0.2) is 0 Å². The Morgan fingerprint density at radius 2 is 2.14 bits per heavy atom. The largest absolute Gasteiger partial charge is 0.0664 e. The van der Waals surface area contributed by atoms with E-state index in [1.807, 2.05) is 11.1 Å². The molecular weight excluding hydrogens is 168 g/mol. The van der Waals surface area contributed by atoms with Crippen LogP contribution in [0, 0.1) is 29.1 Å². The van der Waals surface area contributed by atoms with E-state index in [2.05, 4.69) is 27.7 Å². The molecule has 2 fully saturated rings. The van der Waals surface area contributed by atoms with Gasteiger partial charge in [0, 0.05) is 0 Å². The van der Waals surface area contributed by atoms with Crippen molar-refractivity contribution in [2.45, 2.75) is 47.0 Å². The highest BCUT2D eigenvalue weighted by Gasteiger charge is 2.58. The van der Waals surface area contributed by atoms with Gasteiger partial charge in [0.1, 0.15) is 0 Å². The summed E-state index contributed by atoms with van der Waals surface area (Å²) < 4.78 is 0. The third kappa shape index (κ3) is 0.951. The maximum absolute atomic E-state index is 2.48. The van der Waals surface area contributed by atoms with Crippen LogP contribution >= 0.6 is 0 Å². The molecule has 3 aliphatic carbocycles. The average Bonchev–Trinajstić information content (AvgIpc) is 2.94. The molecule has 0 aromatic carbocycles. The number of rotatable bonds is 3. The summed E-state index contributed by atoms with van der Waals surface area (Å²) in [6.45, 7) is 9.72. The first-order chi connectivity index (χ1) is 6.58. The number of allylic oxidation sites excluding steroid dienone is 2. The van der Waals surface area contributed by atoms with Crippen LogP contribution in [0.1, 0.15) is 47.0 Å². The fraction of sp³-hybridized carbons (Fsp3) is 0.857. The van der Waals surface area contributed by atoms with Crippen molar-refractivity contribution in [2.75, 3.05) is 0 Å². The fourth-order valence-electron chi connectivity index (χ4n) is 4.15. The zero-order valence-electron chi connectivity index (χ0n) is 9.93. The Labute approximate surface area is 87.8 Å². The highest BCUT2D eigenvalue weighted by atomic mass is 14.6. The van der Waals surface area contributed by atoms with E-state index in [1.54, 1.807) is 0 Å². The molecule has 5 unspecified atom stereocenters. The molecule has 2 saturated carbocycles. The number of hydrogen-bond acceptors (Lipinski definition) is 0. The topological polar surface area (TPSA) is 0 Å². The molecule has 3 rings (SSSR count). The van der Waals surface area contributed by atoms with E-state index >= 15 is 0 Å². The zero-order valence-corrected chi connectivity index (χ0v) is 9.93. The van der Waals surface area contributed by atoms with Crippen LogP contribution in [0.5, 0.6) is 0 Å². The summed E-state index contributed by atoms with van der Waals surface area (Å²) in [7, 11) is 0. The third-order valence-electron chi connectivity index (χ3n) is 5.37. The van der Waals surface area contributed by atoms with Crippen molar-refractivity contribution in [1.29, 1.82) is 0 Å².